The minimum absolute atomic E-state index is 0.0831. The van der Waals surface area contributed by atoms with Crippen molar-refractivity contribution < 1.29 is 28.6 Å². The van der Waals surface area contributed by atoms with Crippen molar-refractivity contribution in [2.75, 3.05) is 13.2 Å². The van der Waals surface area contributed by atoms with E-state index < -0.39 is 6.10 Å². The first-order valence-corrected chi connectivity index (χ1v) is 27.1. The number of carbonyl (C=O) groups is 3. The zero-order valence-corrected chi connectivity index (χ0v) is 41.8. The van der Waals surface area contributed by atoms with Crippen molar-refractivity contribution in [1.29, 1.82) is 0 Å². The third-order valence-corrected chi connectivity index (χ3v) is 11.8. The molecule has 0 aromatic heterocycles. The Labute approximate surface area is 390 Å². The fourth-order valence-electron chi connectivity index (χ4n) is 7.75. The minimum Gasteiger partial charge on any atom is -0.462 e. The molecule has 0 amide bonds. The van der Waals surface area contributed by atoms with Gasteiger partial charge in [-0.2, -0.15) is 0 Å². The van der Waals surface area contributed by atoms with E-state index in [2.05, 4.69) is 69.4 Å². The third kappa shape index (κ3) is 50.2. The Hall–Kier alpha value is -2.63. The summed E-state index contributed by atoms with van der Waals surface area (Å²) in [6.07, 6.45) is 62.8. The summed E-state index contributed by atoms with van der Waals surface area (Å²) in [4.78, 5) is 37.8. The van der Waals surface area contributed by atoms with Crippen LogP contribution in [0, 0.1) is 0 Å². The molecule has 0 radical (unpaired) electrons. The molecule has 0 bridgehead atoms. The van der Waals surface area contributed by atoms with Crippen LogP contribution in [0.5, 0.6) is 0 Å². The van der Waals surface area contributed by atoms with Crippen LogP contribution in [-0.2, 0) is 28.6 Å². The summed E-state index contributed by atoms with van der Waals surface area (Å²) in [5.41, 5.74) is 0. The average Bonchev–Trinajstić information content (AvgIpc) is 3.28. The molecule has 366 valence electrons. The van der Waals surface area contributed by atoms with Gasteiger partial charge in [0, 0.05) is 19.3 Å². The molecule has 6 heteroatoms. The highest BCUT2D eigenvalue weighted by molar-refractivity contribution is 5.71. The van der Waals surface area contributed by atoms with Crippen molar-refractivity contribution in [3.63, 3.8) is 0 Å². The number of hydrogen-bond donors (Lipinski definition) is 0. The van der Waals surface area contributed by atoms with E-state index in [9.17, 15) is 14.4 Å². The van der Waals surface area contributed by atoms with Crippen molar-refractivity contribution in [2.24, 2.45) is 0 Å². The molecule has 0 spiro atoms. The van der Waals surface area contributed by atoms with Gasteiger partial charge in [0.15, 0.2) is 6.10 Å². The molecular formula is C57H102O6. The Morgan fingerprint density at radius 3 is 1.00 bits per heavy atom. The van der Waals surface area contributed by atoms with E-state index >= 15 is 0 Å². The van der Waals surface area contributed by atoms with E-state index in [4.69, 9.17) is 14.2 Å². The van der Waals surface area contributed by atoms with Crippen LogP contribution >= 0.6 is 0 Å². The third-order valence-electron chi connectivity index (χ3n) is 11.8. The molecule has 1 atom stereocenters. The standard InChI is InChI=1S/C57H102O6/c1-4-7-10-13-16-18-20-22-23-24-25-26-27-28-29-30-31-32-33-35-36-38-41-44-47-50-56(59)62-53-54(52-61-55(58)49-46-43-40-15-12-9-6-3)63-57(60)51-48-45-42-39-37-34-21-19-17-14-11-8-5-2/h8,11,17,19,24-25,34,37,54H,4-7,9-10,12-16,18,20-23,26-33,35-36,38-53H2,1-3H3/b11-8-,19-17-,25-24-,37-34-. The molecule has 0 aliphatic heterocycles. The Morgan fingerprint density at radius 1 is 0.333 bits per heavy atom. The SMILES string of the molecule is CC/C=C\C/C=C\C/C=C\CCCCCC(=O)OC(COC(=O)CCCCCCCCC)COC(=O)CCCCCCCCCCCCCCC/C=C\CCCCCCCCCC. The lowest BCUT2D eigenvalue weighted by atomic mass is 10.0. The van der Waals surface area contributed by atoms with E-state index in [-0.39, 0.29) is 31.1 Å². The Balaban J connectivity index is 4.12. The van der Waals surface area contributed by atoms with Crippen LogP contribution < -0.4 is 0 Å². The molecule has 6 nitrogen and oxygen atoms in total. The average molecular weight is 883 g/mol. The first kappa shape index (κ1) is 60.4. The number of allylic oxidation sites excluding steroid dienone is 8. The van der Waals surface area contributed by atoms with Crippen LogP contribution in [0.15, 0.2) is 48.6 Å². The van der Waals surface area contributed by atoms with Crippen LogP contribution in [0.4, 0.5) is 0 Å². The molecule has 0 aliphatic rings. The first-order valence-electron chi connectivity index (χ1n) is 27.1. The summed E-state index contributed by atoms with van der Waals surface area (Å²) in [7, 11) is 0. The maximum absolute atomic E-state index is 12.7. The number of unbranched alkanes of at least 4 members (excludes halogenated alkanes) is 30. The van der Waals surface area contributed by atoms with Gasteiger partial charge in [-0.15, -0.1) is 0 Å². The number of ether oxygens (including phenoxy) is 3. The van der Waals surface area contributed by atoms with Gasteiger partial charge in [-0.1, -0.05) is 230 Å². The fourth-order valence-corrected chi connectivity index (χ4v) is 7.75. The smallest absolute Gasteiger partial charge is 0.306 e. The molecule has 0 heterocycles. The molecule has 0 saturated carbocycles. The number of hydrogen-bond acceptors (Lipinski definition) is 6. The second kappa shape index (κ2) is 52.0. The summed E-state index contributed by atoms with van der Waals surface area (Å²) in [5.74, 6) is -0.913. The van der Waals surface area contributed by atoms with Gasteiger partial charge in [0.05, 0.1) is 0 Å². The largest absolute Gasteiger partial charge is 0.462 e. The maximum Gasteiger partial charge on any atom is 0.306 e. The van der Waals surface area contributed by atoms with Crippen LogP contribution in [0.25, 0.3) is 0 Å². The van der Waals surface area contributed by atoms with Crippen molar-refractivity contribution in [1.82, 2.24) is 0 Å². The molecule has 0 aliphatic carbocycles. The van der Waals surface area contributed by atoms with Crippen LogP contribution in [0.2, 0.25) is 0 Å². The minimum atomic E-state index is -0.783. The first-order chi connectivity index (χ1) is 31.0. The van der Waals surface area contributed by atoms with Gasteiger partial charge in [-0.05, 0) is 77.0 Å². The molecule has 0 fully saturated rings. The maximum atomic E-state index is 12.7. The topological polar surface area (TPSA) is 78.9 Å². The van der Waals surface area contributed by atoms with E-state index in [1.54, 1.807) is 0 Å². The molecule has 0 rings (SSSR count). The summed E-state index contributed by atoms with van der Waals surface area (Å²) in [6, 6.07) is 0. The van der Waals surface area contributed by atoms with E-state index in [1.165, 1.54) is 154 Å². The highest BCUT2D eigenvalue weighted by Gasteiger charge is 2.19. The molecule has 0 saturated heterocycles. The van der Waals surface area contributed by atoms with Gasteiger partial charge in [0.25, 0.3) is 0 Å². The number of carbonyl (C=O) groups excluding carboxylic acids is 3. The Bertz CT molecular complexity index is 1110. The van der Waals surface area contributed by atoms with E-state index in [1.807, 2.05) is 0 Å². The van der Waals surface area contributed by atoms with Gasteiger partial charge in [0.1, 0.15) is 13.2 Å². The van der Waals surface area contributed by atoms with Crippen molar-refractivity contribution >= 4 is 17.9 Å². The van der Waals surface area contributed by atoms with Crippen molar-refractivity contribution in [3.8, 4) is 0 Å². The second-order valence-corrected chi connectivity index (χ2v) is 18.1. The predicted molar refractivity (Wildman–Crippen MR) is 270 cm³/mol. The molecule has 0 aromatic rings. The van der Waals surface area contributed by atoms with Gasteiger partial charge in [-0.3, -0.25) is 14.4 Å². The highest BCUT2D eigenvalue weighted by atomic mass is 16.6. The number of esters is 3. The van der Waals surface area contributed by atoms with Crippen LogP contribution in [0.3, 0.4) is 0 Å². The lowest BCUT2D eigenvalue weighted by molar-refractivity contribution is -0.167. The lowest BCUT2D eigenvalue weighted by Gasteiger charge is -2.18. The van der Waals surface area contributed by atoms with E-state index in [0.717, 1.165) is 83.5 Å². The predicted octanol–water partition coefficient (Wildman–Crippen LogP) is 17.9. The van der Waals surface area contributed by atoms with Crippen LogP contribution in [0.1, 0.15) is 278 Å². The monoisotopic (exact) mass is 883 g/mol. The molecule has 0 N–H and O–H groups in total. The van der Waals surface area contributed by atoms with E-state index in [0.29, 0.717) is 19.3 Å². The van der Waals surface area contributed by atoms with Gasteiger partial charge >= 0.3 is 17.9 Å². The summed E-state index contributed by atoms with van der Waals surface area (Å²) < 4.78 is 16.7. The Morgan fingerprint density at radius 2 is 0.619 bits per heavy atom. The zero-order valence-electron chi connectivity index (χ0n) is 41.8. The fraction of sp³-hybridized carbons (Fsp3) is 0.807. The lowest BCUT2D eigenvalue weighted by Crippen LogP contribution is -2.30. The molecule has 1 unspecified atom stereocenters. The van der Waals surface area contributed by atoms with Gasteiger partial charge in [-0.25, -0.2) is 0 Å². The normalized spacial score (nSPS) is 12.4. The number of rotatable bonds is 49. The highest BCUT2D eigenvalue weighted by Crippen LogP contribution is 2.16. The van der Waals surface area contributed by atoms with Crippen molar-refractivity contribution in [3.05, 3.63) is 48.6 Å². The zero-order chi connectivity index (χ0) is 45.8. The van der Waals surface area contributed by atoms with Gasteiger partial charge in [0.2, 0.25) is 0 Å². The summed E-state index contributed by atoms with van der Waals surface area (Å²) in [5, 5.41) is 0. The molecule has 0 aromatic carbocycles. The quantitative estimate of drug-likeness (QED) is 0.0262. The summed E-state index contributed by atoms with van der Waals surface area (Å²) in [6.45, 7) is 6.47. The summed E-state index contributed by atoms with van der Waals surface area (Å²) >= 11 is 0. The van der Waals surface area contributed by atoms with Crippen LogP contribution in [-0.4, -0.2) is 37.2 Å². The second-order valence-electron chi connectivity index (χ2n) is 18.1. The van der Waals surface area contributed by atoms with Crippen molar-refractivity contribution in [2.45, 2.75) is 284 Å². The molecule has 63 heavy (non-hydrogen) atoms. The molecular weight excluding hydrogens is 781 g/mol. The Kier molecular flexibility index (Phi) is 49.8. The van der Waals surface area contributed by atoms with Gasteiger partial charge < -0.3 is 14.2 Å².